The minimum atomic E-state index is 0.182. The van der Waals surface area contributed by atoms with E-state index in [2.05, 4.69) is 9.97 Å². The van der Waals surface area contributed by atoms with Crippen LogP contribution in [0.2, 0.25) is 0 Å². The summed E-state index contributed by atoms with van der Waals surface area (Å²) in [5.41, 5.74) is 2.27. The number of furan rings is 1. The molecule has 3 aromatic rings. The van der Waals surface area contributed by atoms with E-state index in [1.807, 2.05) is 34.1 Å². The quantitative estimate of drug-likeness (QED) is 0.726. The third-order valence-electron chi connectivity index (χ3n) is 4.68. The Balaban J connectivity index is 1.56. The molecule has 2 aliphatic rings. The van der Waals surface area contributed by atoms with E-state index in [0.29, 0.717) is 18.2 Å². The molecule has 0 N–H and O–H groups in total. The Morgan fingerprint density at radius 3 is 2.83 bits per heavy atom. The van der Waals surface area contributed by atoms with Crippen LogP contribution in [0.3, 0.4) is 0 Å². The van der Waals surface area contributed by atoms with Crippen LogP contribution in [0.4, 0.5) is 5.82 Å². The highest BCUT2D eigenvalue weighted by atomic mass is 16.3. The lowest BCUT2D eigenvalue weighted by molar-refractivity contribution is -0.131. The van der Waals surface area contributed by atoms with Gasteiger partial charge < -0.3 is 14.2 Å². The Bertz CT molecular complexity index is 915. The van der Waals surface area contributed by atoms with Gasteiger partial charge >= 0.3 is 0 Å². The molecule has 116 valence electrons. The minimum Gasteiger partial charge on any atom is -0.450 e. The summed E-state index contributed by atoms with van der Waals surface area (Å²) in [4.78, 5) is 25.2. The molecule has 0 unspecified atom stereocenters. The number of carbonyl (C=O) groups is 1. The van der Waals surface area contributed by atoms with Crippen molar-refractivity contribution in [1.29, 1.82) is 0 Å². The fourth-order valence-corrected chi connectivity index (χ4v) is 3.38. The topological polar surface area (TPSA) is 62.5 Å². The van der Waals surface area contributed by atoms with Crippen LogP contribution >= 0.6 is 0 Å². The first-order valence-electron chi connectivity index (χ1n) is 7.98. The number of fused-ring (bicyclic) bond motifs is 3. The van der Waals surface area contributed by atoms with Gasteiger partial charge in [-0.05, 0) is 25.0 Å². The Labute approximate surface area is 132 Å². The number of rotatable bonds is 2. The third-order valence-corrected chi connectivity index (χ3v) is 4.68. The summed E-state index contributed by atoms with van der Waals surface area (Å²) < 4.78 is 5.97. The molecule has 1 aromatic carbocycles. The number of aromatic nitrogens is 2. The molecule has 5 rings (SSSR count). The SMILES string of the molecule is O=C1CN(c2ncnc3c2oc2ccccc23)CCN1C1CC1. The number of para-hydroxylation sites is 1. The van der Waals surface area contributed by atoms with Crippen LogP contribution in [0.1, 0.15) is 12.8 Å². The number of carbonyl (C=O) groups excluding carboxylic acids is 1. The molecule has 23 heavy (non-hydrogen) atoms. The Morgan fingerprint density at radius 1 is 1.13 bits per heavy atom. The number of hydrogen-bond acceptors (Lipinski definition) is 5. The predicted octanol–water partition coefficient (Wildman–Crippen LogP) is 2.19. The molecule has 2 aromatic heterocycles. The lowest BCUT2D eigenvalue weighted by Gasteiger charge is -2.34. The van der Waals surface area contributed by atoms with E-state index in [1.165, 1.54) is 0 Å². The highest BCUT2D eigenvalue weighted by molar-refractivity contribution is 6.05. The summed E-state index contributed by atoms with van der Waals surface area (Å²) in [6.45, 7) is 1.90. The molecule has 1 aliphatic carbocycles. The number of piperazine rings is 1. The van der Waals surface area contributed by atoms with Gasteiger partial charge in [-0.3, -0.25) is 4.79 Å². The number of hydrogen-bond donors (Lipinski definition) is 0. The van der Waals surface area contributed by atoms with E-state index < -0.39 is 0 Å². The van der Waals surface area contributed by atoms with Gasteiger partial charge in [-0.1, -0.05) is 12.1 Å². The van der Waals surface area contributed by atoms with Gasteiger partial charge in [0.15, 0.2) is 11.4 Å². The molecule has 1 aliphatic heterocycles. The second kappa shape index (κ2) is 4.68. The predicted molar refractivity (Wildman–Crippen MR) is 86.3 cm³/mol. The van der Waals surface area contributed by atoms with Crippen molar-refractivity contribution >= 4 is 33.8 Å². The van der Waals surface area contributed by atoms with Crippen molar-refractivity contribution in [2.45, 2.75) is 18.9 Å². The second-order valence-electron chi connectivity index (χ2n) is 6.21. The van der Waals surface area contributed by atoms with Crippen molar-refractivity contribution in [3.05, 3.63) is 30.6 Å². The van der Waals surface area contributed by atoms with Crippen LogP contribution in [0, 0.1) is 0 Å². The van der Waals surface area contributed by atoms with Crippen molar-refractivity contribution in [2.75, 3.05) is 24.5 Å². The fraction of sp³-hybridized carbons (Fsp3) is 0.353. The van der Waals surface area contributed by atoms with Gasteiger partial charge in [0.2, 0.25) is 5.91 Å². The first kappa shape index (κ1) is 12.9. The molecule has 1 amide bonds. The molecule has 3 heterocycles. The standard InChI is InChI=1S/C17H16N4O2/c22-14-9-20(7-8-21(14)11-5-6-11)17-16-15(18-10-19-17)12-3-1-2-4-13(12)23-16/h1-4,10-11H,5-9H2. The number of anilines is 1. The van der Waals surface area contributed by atoms with Crippen molar-refractivity contribution in [3.8, 4) is 0 Å². The van der Waals surface area contributed by atoms with Crippen LogP contribution in [-0.4, -0.2) is 46.5 Å². The Hall–Kier alpha value is -2.63. The van der Waals surface area contributed by atoms with Crippen molar-refractivity contribution in [2.24, 2.45) is 0 Å². The molecule has 2 fully saturated rings. The monoisotopic (exact) mass is 308 g/mol. The first-order chi connectivity index (χ1) is 11.3. The maximum absolute atomic E-state index is 12.4. The van der Waals surface area contributed by atoms with Gasteiger partial charge in [-0.15, -0.1) is 0 Å². The second-order valence-corrected chi connectivity index (χ2v) is 6.21. The van der Waals surface area contributed by atoms with E-state index >= 15 is 0 Å². The van der Waals surface area contributed by atoms with Gasteiger partial charge in [-0.2, -0.15) is 0 Å². The van der Waals surface area contributed by atoms with Gasteiger partial charge in [0.1, 0.15) is 17.4 Å². The smallest absolute Gasteiger partial charge is 0.242 e. The molecule has 0 atom stereocenters. The van der Waals surface area contributed by atoms with Gasteiger partial charge in [0.05, 0.1) is 6.54 Å². The Kier molecular flexibility index (Phi) is 2.62. The maximum Gasteiger partial charge on any atom is 0.242 e. The number of benzene rings is 1. The van der Waals surface area contributed by atoms with Crippen LogP contribution in [0.5, 0.6) is 0 Å². The summed E-state index contributed by atoms with van der Waals surface area (Å²) in [5.74, 6) is 0.900. The van der Waals surface area contributed by atoms with E-state index in [4.69, 9.17) is 4.42 Å². The molecule has 0 spiro atoms. The third kappa shape index (κ3) is 1.98. The maximum atomic E-state index is 12.4. The molecule has 1 saturated heterocycles. The molecule has 1 saturated carbocycles. The molecule has 6 heteroatoms. The fourth-order valence-electron chi connectivity index (χ4n) is 3.38. The average molecular weight is 308 g/mol. The van der Waals surface area contributed by atoms with Crippen LogP contribution in [0.15, 0.2) is 35.0 Å². The highest BCUT2D eigenvalue weighted by Gasteiger charge is 2.36. The largest absolute Gasteiger partial charge is 0.450 e. The van der Waals surface area contributed by atoms with Gasteiger partial charge in [0, 0.05) is 24.5 Å². The number of nitrogens with zero attached hydrogens (tertiary/aromatic N) is 4. The first-order valence-corrected chi connectivity index (χ1v) is 7.98. The van der Waals surface area contributed by atoms with Gasteiger partial charge in [0.25, 0.3) is 0 Å². The highest BCUT2D eigenvalue weighted by Crippen LogP contribution is 2.33. The Morgan fingerprint density at radius 2 is 2.00 bits per heavy atom. The normalized spacial score (nSPS) is 19.0. The summed E-state index contributed by atoms with van der Waals surface area (Å²) in [6.07, 6.45) is 3.84. The number of amides is 1. The molecular formula is C17H16N4O2. The lowest BCUT2D eigenvalue weighted by Crippen LogP contribution is -2.51. The summed E-state index contributed by atoms with van der Waals surface area (Å²) >= 11 is 0. The lowest BCUT2D eigenvalue weighted by atomic mass is 10.2. The zero-order valence-corrected chi connectivity index (χ0v) is 12.6. The minimum absolute atomic E-state index is 0.182. The zero-order chi connectivity index (χ0) is 15.4. The van der Waals surface area contributed by atoms with Crippen molar-refractivity contribution < 1.29 is 9.21 Å². The summed E-state index contributed by atoms with van der Waals surface area (Å²) in [6, 6.07) is 8.30. The average Bonchev–Trinajstić information content (AvgIpc) is 3.34. The molecular weight excluding hydrogens is 292 g/mol. The van der Waals surface area contributed by atoms with E-state index in [1.54, 1.807) is 6.33 Å². The van der Waals surface area contributed by atoms with Crippen LogP contribution < -0.4 is 4.90 Å². The van der Waals surface area contributed by atoms with Crippen LogP contribution in [0.25, 0.3) is 22.1 Å². The van der Waals surface area contributed by atoms with E-state index in [0.717, 1.165) is 48.2 Å². The molecule has 0 bridgehead atoms. The molecule has 6 nitrogen and oxygen atoms in total. The van der Waals surface area contributed by atoms with E-state index in [9.17, 15) is 4.79 Å². The molecule has 0 radical (unpaired) electrons. The van der Waals surface area contributed by atoms with Crippen LogP contribution in [-0.2, 0) is 4.79 Å². The summed E-state index contributed by atoms with van der Waals surface area (Å²) in [5, 5.41) is 0.981. The van der Waals surface area contributed by atoms with Gasteiger partial charge in [-0.25, -0.2) is 9.97 Å². The van der Waals surface area contributed by atoms with Crippen molar-refractivity contribution in [1.82, 2.24) is 14.9 Å². The van der Waals surface area contributed by atoms with Crippen molar-refractivity contribution in [3.63, 3.8) is 0 Å². The van der Waals surface area contributed by atoms with E-state index in [-0.39, 0.29) is 5.91 Å². The summed E-state index contributed by atoms with van der Waals surface area (Å²) in [7, 11) is 0. The zero-order valence-electron chi connectivity index (χ0n) is 12.6.